The van der Waals surface area contributed by atoms with E-state index >= 15 is 0 Å². The van der Waals surface area contributed by atoms with Crippen LogP contribution in [-0.4, -0.2) is 5.91 Å². The Bertz CT molecular complexity index is 459. The molecular formula is C17H23NOS. The summed E-state index contributed by atoms with van der Waals surface area (Å²) >= 11 is 1.77. The number of carbonyl (C=O) groups is 1. The zero-order chi connectivity index (χ0) is 13.8. The molecule has 3 heteroatoms. The van der Waals surface area contributed by atoms with Gasteiger partial charge >= 0.3 is 0 Å². The molecule has 1 amide bonds. The minimum atomic E-state index is 0.229. The molecule has 0 spiro atoms. The van der Waals surface area contributed by atoms with Crippen LogP contribution in [0.2, 0.25) is 0 Å². The van der Waals surface area contributed by atoms with Gasteiger partial charge in [0.1, 0.15) is 0 Å². The Morgan fingerprint density at radius 2 is 2.20 bits per heavy atom. The zero-order valence-electron chi connectivity index (χ0n) is 11.9. The number of amides is 1. The summed E-state index contributed by atoms with van der Waals surface area (Å²) in [5, 5.41) is 5.44. The number of allylic oxidation sites excluding steroid dienone is 2. The number of hydrogen-bond donors (Lipinski definition) is 1. The zero-order valence-corrected chi connectivity index (χ0v) is 12.7. The molecule has 1 aromatic rings. The standard InChI is InChI=1S/C17H23NOS/c19-16(12-13-6-1-2-7-13)18-17(14-8-3-4-9-14)15-10-5-11-20-15/h1,5-6,10-11,13-14,17H,2-4,7-9,12H2,(H,18,19)/t13-,17+/m1/s1. The molecule has 0 saturated heterocycles. The molecule has 20 heavy (non-hydrogen) atoms. The first-order valence-corrected chi connectivity index (χ1v) is 8.70. The van der Waals surface area contributed by atoms with Crippen LogP contribution in [0, 0.1) is 11.8 Å². The second-order valence-corrected chi connectivity index (χ2v) is 7.05. The highest BCUT2D eigenvalue weighted by atomic mass is 32.1. The van der Waals surface area contributed by atoms with Gasteiger partial charge in [-0.25, -0.2) is 0 Å². The van der Waals surface area contributed by atoms with Crippen molar-refractivity contribution < 1.29 is 4.79 Å². The average molecular weight is 289 g/mol. The van der Waals surface area contributed by atoms with Crippen molar-refractivity contribution in [3.63, 3.8) is 0 Å². The maximum atomic E-state index is 12.3. The molecule has 2 atom stereocenters. The van der Waals surface area contributed by atoms with Gasteiger partial charge in [-0.15, -0.1) is 11.3 Å². The lowest BCUT2D eigenvalue weighted by Gasteiger charge is -2.24. The minimum Gasteiger partial charge on any atom is -0.348 e. The van der Waals surface area contributed by atoms with Gasteiger partial charge in [0.2, 0.25) is 5.91 Å². The van der Waals surface area contributed by atoms with Gasteiger partial charge in [0.05, 0.1) is 6.04 Å². The third kappa shape index (κ3) is 3.32. The van der Waals surface area contributed by atoms with E-state index in [0.717, 1.165) is 12.8 Å². The van der Waals surface area contributed by atoms with Crippen molar-refractivity contribution in [1.82, 2.24) is 5.32 Å². The van der Waals surface area contributed by atoms with Crippen LogP contribution >= 0.6 is 11.3 Å². The summed E-state index contributed by atoms with van der Waals surface area (Å²) in [6.07, 6.45) is 12.5. The maximum absolute atomic E-state index is 12.3. The number of carbonyl (C=O) groups excluding carboxylic acids is 1. The second-order valence-electron chi connectivity index (χ2n) is 6.07. The number of nitrogens with one attached hydrogen (secondary N) is 1. The second kappa shape index (κ2) is 6.57. The average Bonchev–Trinajstić information content (AvgIpc) is 3.18. The van der Waals surface area contributed by atoms with E-state index in [0.29, 0.717) is 18.3 Å². The third-order valence-electron chi connectivity index (χ3n) is 4.60. The summed E-state index contributed by atoms with van der Waals surface area (Å²) in [6.45, 7) is 0. The fourth-order valence-electron chi connectivity index (χ4n) is 3.52. The first-order chi connectivity index (χ1) is 9.83. The van der Waals surface area contributed by atoms with Crippen molar-refractivity contribution in [2.75, 3.05) is 0 Å². The summed E-state index contributed by atoms with van der Waals surface area (Å²) in [7, 11) is 0. The van der Waals surface area contributed by atoms with Gasteiger partial charge in [0, 0.05) is 11.3 Å². The molecule has 2 aliphatic carbocycles. The van der Waals surface area contributed by atoms with E-state index in [1.807, 2.05) is 0 Å². The van der Waals surface area contributed by atoms with E-state index in [-0.39, 0.29) is 11.9 Å². The van der Waals surface area contributed by atoms with E-state index in [9.17, 15) is 4.79 Å². The predicted octanol–water partition coefficient (Wildman–Crippen LogP) is 4.45. The molecule has 0 unspecified atom stereocenters. The lowest BCUT2D eigenvalue weighted by atomic mass is 9.96. The summed E-state index contributed by atoms with van der Waals surface area (Å²) in [5.41, 5.74) is 0. The lowest BCUT2D eigenvalue weighted by Crippen LogP contribution is -2.33. The normalized spacial score (nSPS) is 24.1. The van der Waals surface area contributed by atoms with Crippen LogP contribution in [0.5, 0.6) is 0 Å². The van der Waals surface area contributed by atoms with Gasteiger partial charge in [0.15, 0.2) is 0 Å². The van der Waals surface area contributed by atoms with Crippen LogP contribution in [0.15, 0.2) is 29.7 Å². The topological polar surface area (TPSA) is 29.1 Å². The van der Waals surface area contributed by atoms with Gasteiger partial charge < -0.3 is 5.32 Å². The maximum Gasteiger partial charge on any atom is 0.221 e. The van der Waals surface area contributed by atoms with Crippen molar-refractivity contribution >= 4 is 17.2 Å². The molecule has 1 aromatic heterocycles. The molecule has 3 rings (SSSR count). The monoisotopic (exact) mass is 289 g/mol. The Morgan fingerprint density at radius 1 is 1.35 bits per heavy atom. The number of thiophene rings is 1. The Hall–Kier alpha value is -1.09. The molecule has 2 aliphatic rings. The Labute approximate surface area is 125 Å². The SMILES string of the molecule is O=C(C[C@@H]1C=CCC1)N[C@H](c1cccs1)C1CCCC1. The molecule has 1 heterocycles. The largest absolute Gasteiger partial charge is 0.348 e. The van der Waals surface area contributed by atoms with Crippen LogP contribution in [0.25, 0.3) is 0 Å². The summed E-state index contributed by atoms with van der Waals surface area (Å²) in [6, 6.07) is 4.51. The van der Waals surface area contributed by atoms with Gasteiger partial charge in [-0.3, -0.25) is 4.79 Å². The van der Waals surface area contributed by atoms with Crippen LogP contribution in [0.4, 0.5) is 0 Å². The van der Waals surface area contributed by atoms with Crippen LogP contribution < -0.4 is 5.32 Å². The van der Waals surface area contributed by atoms with Gasteiger partial charge in [-0.2, -0.15) is 0 Å². The fourth-order valence-corrected chi connectivity index (χ4v) is 4.39. The van der Waals surface area contributed by atoms with E-state index in [1.165, 1.54) is 30.6 Å². The van der Waals surface area contributed by atoms with Crippen molar-refractivity contribution in [3.05, 3.63) is 34.5 Å². The van der Waals surface area contributed by atoms with Crippen molar-refractivity contribution in [3.8, 4) is 0 Å². The molecule has 0 bridgehead atoms. The van der Waals surface area contributed by atoms with Crippen LogP contribution in [0.1, 0.15) is 55.9 Å². The van der Waals surface area contributed by atoms with Crippen molar-refractivity contribution in [2.24, 2.45) is 11.8 Å². The molecule has 2 nitrogen and oxygen atoms in total. The highest BCUT2D eigenvalue weighted by Crippen LogP contribution is 2.37. The lowest BCUT2D eigenvalue weighted by molar-refractivity contribution is -0.122. The van der Waals surface area contributed by atoms with Crippen molar-refractivity contribution in [1.29, 1.82) is 0 Å². The quantitative estimate of drug-likeness (QED) is 0.797. The van der Waals surface area contributed by atoms with E-state index in [2.05, 4.69) is 35.0 Å². The van der Waals surface area contributed by atoms with Crippen LogP contribution in [-0.2, 0) is 4.79 Å². The predicted molar refractivity (Wildman–Crippen MR) is 83.6 cm³/mol. The number of hydrogen-bond acceptors (Lipinski definition) is 2. The smallest absolute Gasteiger partial charge is 0.221 e. The van der Waals surface area contributed by atoms with E-state index in [1.54, 1.807) is 11.3 Å². The molecule has 1 fully saturated rings. The summed E-state index contributed by atoms with van der Waals surface area (Å²) in [4.78, 5) is 13.6. The third-order valence-corrected chi connectivity index (χ3v) is 5.55. The molecule has 1 saturated carbocycles. The molecule has 1 N–H and O–H groups in total. The molecule has 108 valence electrons. The van der Waals surface area contributed by atoms with Crippen LogP contribution in [0.3, 0.4) is 0 Å². The van der Waals surface area contributed by atoms with E-state index in [4.69, 9.17) is 0 Å². The number of rotatable bonds is 5. The summed E-state index contributed by atoms with van der Waals surface area (Å²) < 4.78 is 0. The molecule has 0 aromatic carbocycles. The van der Waals surface area contributed by atoms with E-state index < -0.39 is 0 Å². The Balaban J connectivity index is 1.63. The van der Waals surface area contributed by atoms with Gasteiger partial charge in [0.25, 0.3) is 0 Å². The molecule has 0 aliphatic heterocycles. The Kier molecular flexibility index (Phi) is 4.56. The fraction of sp³-hybridized carbons (Fsp3) is 0.588. The Morgan fingerprint density at radius 3 is 2.85 bits per heavy atom. The minimum absolute atomic E-state index is 0.229. The molecule has 0 radical (unpaired) electrons. The highest BCUT2D eigenvalue weighted by molar-refractivity contribution is 7.10. The van der Waals surface area contributed by atoms with Gasteiger partial charge in [-0.1, -0.05) is 31.1 Å². The summed E-state index contributed by atoms with van der Waals surface area (Å²) in [5.74, 6) is 1.33. The molecular weight excluding hydrogens is 266 g/mol. The first kappa shape index (κ1) is 13.9. The van der Waals surface area contributed by atoms with Gasteiger partial charge in [-0.05, 0) is 49.0 Å². The van der Waals surface area contributed by atoms with Crippen molar-refractivity contribution in [2.45, 2.75) is 51.0 Å². The highest BCUT2D eigenvalue weighted by Gasteiger charge is 2.28. The first-order valence-electron chi connectivity index (χ1n) is 7.82.